The van der Waals surface area contributed by atoms with Crippen molar-refractivity contribution in [1.82, 2.24) is 20.0 Å². The molecule has 0 aliphatic rings. The van der Waals surface area contributed by atoms with Gasteiger partial charge < -0.3 is 11.1 Å². The largest absolute Gasteiger partial charge is 0.381 e. The number of rotatable bonds is 3. The summed E-state index contributed by atoms with van der Waals surface area (Å²) in [5.41, 5.74) is 6.32. The minimum Gasteiger partial charge on any atom is -0.381 e. The zero-order valence-electron chi connectivity index (χ0n) is 9.47. The lowest BCUT2D eigenvalue weighted by molar-refractivity contribution is -0.117. The van der Waals surface area contributed by atoms with Crippen molar-refractivity contribution >= 4 is 28.2 Å². The summed E-state index contributed by atoms with van der Waals surface area (Å²) in [6, 6.07) is 0. The lowest BCUT2D eigenvalue weighted by Crippen LogP contribution is -2.20. The van der Waals surface area contributed by atoms with Gasteiger partial charge in [-0.15, -0.1) is 16.4 Å². The first-order chi connectivity index (χ1) is 8.04. The van der Waals surface area contributed by atoms with E-state index in [-0.39, 0.29) is 12.5 Å². The summed E-state index contributed by atoms with van der Waals surface area (Å²) in [4.78, 5) is 18.2. The summed E-state index contributed by atoms with van der Waals surface area (Å²) >= 11 is 1.44. The monoisotopic (exact) mass is 252 g/mol. The molecule has 0 aliphatic carbocycles. The highest BCUT2D eigenvalue weighted by molar-refractivity contribution is 7.15. The van der Waals surface area contributed by atoms with Crippen molar-refractivity contribution in [3.05, 3.63) is 16.8 Å². The third kappa shape index (κ3) is 2.78. The number of anilines is 2. The number of aromatic nitrogens is 4. The summed E-state index contributed by atoms with van der Waals surface area (Å²) in [6.45, 7) is 3.88. The smallest absolute Gasteiger partial charge is 0.249 e. The molecular weight excluding hydrogens is 240 g/mol. The van der Waals surface area contributed by atoms with E-state index in [1.54, 1.807) is 0 Å². The Kier molecular flexibility index (Phi) is 3.05. The van der Waals surface area contributed by atoms with Crippen LogP contribution in [0.1, 0.15) is 10.6 Å². The van der Waals surface area contributed by atoms with Crippen LogP contribution in [-0.4, -0.2) is 25.9 Å². The van der Waals surface area contributed by atoms with Crippen LogP contribution in [0.4, 0.5) is 10.9 Å². The normalized spacial score (nSPS) is 10.5. The summed E-state index contributed by atoms with van der Waals surface area (Å²) in [7, 11) is 0. The highest BCUT2D eigenvalue weighted by Crippen LogP contribution is 2.20. The number of carbonyl (C=O) groups is 1. The fourth-order valence-corrected chi connectivity index (χ4v) is 2.03. The van der Waals surface area contributed by atoms with Gasteiger partial charge >= 0.3 is 0 Å². The molecule has 0 radical (unpaired) electrons. The Balaban J connectivity index is 1.97. The van der Waals surface area contributed by atoms with E-state index in [9.17, 15) is 4.79 Å². The highest BCUT2D eigenvalue weighted by atomic mass is 32.1. The van der Waals surface area contributed by atoms with Gasteiger partial charge in [-0.05, 0) is 13.8 Å². The van der Waals surface area contributed by atoms with Gasteiger partial charge in [0.25, 0.3) is 0 Å². The maximum absolute atomic E-state index is 11.6. The molecule has 0 aromatic carbocycles. The standard InChI is InChI=1S/C9H12N6OS/c1-5-6(2)17-9(12-5)13-8(16)4-15-11-3-7(10)14-15/h3H,4H2,1-2H3,(H2,10,14)(H,12,13,16). The summed E-state index contributed by atoms with van der Waals surface area (Å²) in [5.74, 6) is 0.0630. The van der Waals surface area contributed by atoms with Crippen molar-refractivity contribution in [1.29, 1.82) is 0 Å². The van der Waals surface area contributed by atoms with Crippen molar-refractivity contribution in [3.8, 4) is 0 Å². The fourth-order valence-electron chi connectivity index (χ4n) is 1.20. The van der Waals surface area contributed by atoms with Crippen LogP contribution in [0.25, 0.3) is 0 Å². The lowest BCUT2D eigenvalue weighted by atomic mass is 10.4. The Morgan fingerprint density at radius 1 is 1.59 bits per heavy atom. The number of nitrogens with zero attached hydrogens (tertiary/aromatic N) is 4. The van der Waals surface area contributed by atoms with Gasteiger partial charge in [0.15, 0.2) is 10.9 Å². The van der Waals surface area contributed by atoms with Crippen molar-refractivity contribution in [2.24, 2.45) is 0 Å². The molecular formula is C9H12N6OS. The van der Waals surface area contributed by atoms with E-state index < -0.39 is 0 Å². The number of nitrogen functional groups attached to an aromatic ring is 1. The summed E-state index contributed by atoms with van der Waals surface area (Å²) in [6.07, 6.45) is 1.39. The van der Waals surface area contributed by atoms with Crippen LogP contribution >= 0.6 is 11.3 Å². The predicted octanol–water partition coefficient (Wildman–Crippen LogP) is 0.572. The molecule has 17 heavy (non-hydrogen) atoms. The molecule has 2 aromatic heterocycles. The SMILES string of the molecule is Cc1nc(NC(=O)Cn2ncc(N)n2)sc1C. The quantitative estimate of drug-likeness (QED) is 0.832. The zero-order valence-corrected chi connectivity index (χ0v) is 10.3. The molecule has 0 saturated carbocycles. The van der Waals surface area contributed by atoms with Crippen molar-refractivity contribution in [2.45, 2.75) is 20.4 Å². The molecule has 0 atom stereocenters. The predicted molar refractivity (Wildman–Crippen MR) is 64.7 cm³/mol. The van der Waals surface area contributed by atoms with E-state index in [1.165, 1.54) is 22.3 Å². The number of hydrogen-bond donors (Lipinski definition) is 2. The molecule has 90 valence electrons. The number of carbonyl (C=O) groups excluding carboxylic acids is 1. The van der Waals surface area contributed by atoms with Crippen LogP contribution in [0, 0.1) is 13.8 Å². The maximum Gasteiger partial charge on any atom is 0.249 e. The highest BCUT2D eigenvalue weighted by Gasteiger charge is 2.09. The van der Waals surface area contributed by atoms with E-state index in [1.807, 2.05) is 13.8 Å². The Labute approximate surface area is 102 Å². The molecule has 0 unspecified atom stereocenters. The number of nitrogens with one attached hydrogen (secondary N) is 1. The van der Waals surface area contributed by atoms with Crippen LogP contribution < -0.4 is 11.1 Å². The second-order valence-corrected chi connectivity index (χ2v) is 4.71. The van der Waals surface area contributed by atoms with Gasteiger partial charge in [0, 0.05) is 4.88 Å². The number of hydrogen-bond acceptors (Lipinski definition) is 6. The Morgan fingerprint density at radius 2 is 2.35 bits per heavy atom. The maximum atomic E-state index is 11.6. The van der Waals surface area contributed by atoms with Gasteiger partial charge in [0.2, 0.25) is 5.91 Å². The first kappa shape index (κ1) is 11.5. The van der Waals surface area contributed by atoms with Gasteiger partial charge in [-0.25, -0.2) is 4.98 Å². The minimum atomic E-state index is -0.227. The van der Waals surface area contributed by atoms with E-state index in [2.05, 4.69) is 20.5 Å². The molecule has 0 fully saturated rings. The summed E-state index contributed by atoms with van der Waals surface area (Å²) < 4.78 is 0. The first-order valence-electron chi connectivity index (χ1n) is 4.94. The Bertz CT molecular complexity index is 526. The molecule has 2 heterocycles. The van der Waals surface area contributed by atoms with Crippen molar-refractivity contribution < 1.29 is 4.79 Å². The third-order valence-electron chi connectivity index (χ3n) is 2.11. The van der Waals surface area contributed by atoms with Gasteiger partial charge in [-0.3, -0.25) is 4.79 Å². The third-order valence-corrected chi connectivity index (χ3v) is 3.10. The number of thiazole rings is 1. The average Bonchev–Trinajstić information content (AvgIpc) is 2.75. The molecule has 2 rings (SSSR count). The Morgan fingerprint density at radius 3 is 2.88 bits per heavy atom. The molecule has 3 N–H and O–H groups in total. The topological polar surface area (TPSA) is 98.7 Å². The Hall–Kier alpha value is -1.96. The number of nitrogens with two attached hydrogens (primary N) is 1. The number of aryl methyl sites for hydroxylation is 2. The lowest BCUT2D eigenvalue weighted by Gasteiger charge is -2.00. The minimum absolute atomic E-state index is 0.0227. The molecule has 1 amide bonds. The van der Waals surface area contributed by atoms with Crippen LogP contribution in [-0.2, 0) is 11.3 Å². The van der Waals surface area contributed by atoms with E-state index >= 15 is 0 Å². The zero-order chi connectivity index (χ0) is 12.4. The van der Waals surface area contributed by atoms with Crippen LogP contribution in [0.5, 0.6) is 0 Å². The molecule has 0 aliphatic heterocycles. The molecule has 7 nitrogen and oxygen atoms in total. The van der Waals surface area contributed by atoms with E-state index in [4.69, 9.17) is 5.73 Å². The summed E-state index contributed by atoms with van der Waals surface area (Å²) in [5, 5.41) is 10.9. The van der Waals surface area contributed by atoms with E-state index in [0.29, 0.717) is 10.9 Å². The van der Waals surface area contributed by atoms with Gasteiger partial charge in [0.1, 0.15) is 6.54 Å². The van der Waals surface area contributed by atoms with Gasteiger partial charge in [-0.2, -0.15) is 9.90 Å². The van der Waals surface area contributed by atoms with Crippen LogP contribution in [0.3, 0.4) is 0 Å². The second-order valence-electron chi connectivity index (χ2n) is 3.51. The number of amides is 1. The molecule has 0 spiro atoms. The van der Waals surface area contributed by atoms with Gasteiger partial charge in [-0.1, -0.05) is 0 Å². The van der Waals surface area contributed by atoms with Crippen molar-refractivity contribution in [3.63, 3.8) is 0 Å². The van der Waals surface area contributed by atoms with Crippen molar-refractivity contribution in [2.75, 3.05) is 11.1 Å². The van der Waals surface area contributed by atoms with E-state index in [0.717, 1.165) is 10.6 Å². The second kappa shape index (κ2) is 4.50. The molecule has 0 bridgehead atoms. The van der Waals surface area contributed by atoms with Crippen LogP contribution in [0.15, 0.2) is 6.20 Å². The fraction of sp³-hybridized carbons (Fsp3) is 0.333. The van der Waals surface area contributed by atoms with Gasteiger partial charge in [0.05, 0.1) is 11.9 Å². The molecule has 8 heteroatoms. The molecule has 2 aromatic rings. The first-order valence-corrected chi connectivity index (χ1v) is 5.76. The van der Waals surface area contributed by atoms with Crippen LogP contribution in [0.2, 0.25) is 0 Å². The molecule has 0 saturated heterocycles. The average molecular weight is 252 g/mol.